The van der Waals surface area contributed by atoms with Gasteiger partial charge in [0.1, 0.15) is 12.0 Å². The van der Waals surface area contributed by atoms with Crippen LogP contribution in [0, 0.1) is 5.82 Å². The molecule has 0 aliphatic carbocycles. The fourth-order valence-corrected chi connectivity index (χ4v) is 3.96. The van der Waals surface area contributed by atoms with Gasteiger partial charge >= 0.3 is 0 Å². The molecule has 1 N–H and O–H groups in total. The van der Waals surface area contributed by atoms with E-state index < -0.39 is 12.0 Å². The van der Waals surface area contributed by atoms with Crippen molar-refractivity contribution in [2.45, 2.75) is 19.1 Å². The fraction of sp³-hybridized carbons (Fsp3) is 0.364. The Morgan fingerprint density at radius 2 is 1.62 bits per heavy atom. The molecule has 3 aromatic rings. The molecule has 1 amide bonds. The molecule has 5 heterocycles. The van der Waals surface area contributed by atoms with Crippen LogP contribution >= 0.6 is 0 Å². The third-order valence-electron chi connectivity index (χ3n) is 5.84. The smallest absolute Gasteiger partial charge is 0.257 e. The highest BCUT2D eigenvalue weighted by Crippen LogP contribution is 2.22. The van der Waals surface area contributed by atoms with E-state index in [1.807, 2.05) is 16.7 Å². The Hall–Kier alpha value is -3.96. The Kier molecular flexibility index (Phi) is 5.86. The molecule has 0 unspecified atom stereocenters. The SMILES string of the molecule is C[C@H]1CN(c2ncc(F)cn2)CCN1c1ncc(NC(=O)c2ccc(N3CC(F)C3)nc2)cn1. The summed E-state index contributed by atoms with van der Waals surface area (Å²) in [6.45, 7) is 4.63. The van der Waals surface area contributed by atoms with Crippen LogP contribution in [0.25, 0.3) is 0 Å². The minimum Gasteiger partial charge on any atom is -0.351 e. The monoisotopic (exact) mass is 467 g/mol. The van der Waals surface area contributed by atoms with Gasteiger partial charge in [-0.2, -0.15) is 0 Å². The number of pyridine rings is 1. The zero-order chi connectivity index (χ0) is 23.7. The van der Waals surface area contributed by atoms with Gasteiger partial charge in [-0.05, 0) is 19.1 Å². The second-order valence-corrected chi connectivity index (χ2v) is 8.32. The number of nitrogens with zero attached hydrogens (tertiary/aromatic N) is 8. The number of amides is 1. The Morgan fingerprint density at radius 1 is 0.912 bits per heavy atom. The first kappa shape index (κ1) is 21.9. The molecule has 0 saturated carbocycles. The number of alkyl halides is 1. The molecule has 12 heteroatoms. The van der Waals surface area contributed by atoms with Crippen molar-refractivity contribution < 1.29 is 13.6 Å². The van der Waals surface area contributed by atoms with E-state index in [0.717, 1.165) is 12.4 Å². The van der Waals surface area contributed by atoms with Crippen molar-refractivity contribution in [1.29, 1.82) is 0 Å². The average molecular weight is 467 g/mol. The zero-order valence-electron chi connectivity index (χ0n) is 18.5. The van der Waals surface area contributed by atoms with Crippen molar-refractivity contribution in [1.82, 2.24) is 24.9 Å². The van der Waals surface area contributed by atoms with Gasteiger partial charge in [0.15, 0.2) is 5.82 Å². The van der Waals surface area contributed by atoms with Gasteiger partial charge in [-0.15, -0.1) is 0 Å². The van der Waals surface area contributed by atoms with Gasteiger partial charge in [0.05, 0.1) is 49.1 Å². The number of hydrogen-bond acceptors (Lipinski definition) is 9. The van der Waals surface area contributed by atoms with Gasteiger partial charge in [0, 0.05) is 31.9 Å². The molecule has 176 valence electrons. The second-order valence-electron chi connectivity index (χ2n) is 8.32. The third-order valence-corrected chi connectivity index (χ3v) is 5.84. The molecular weight excluding hydrogens is 444 g/mol. The molecule has 10 nitrogen and oxygen atoms in total. The molecule has 2 aliphatic rings. The van der Waals surface area contributed by atoms with Gasteiger partial charge < -0.3 is 20.0 Å². The summed E-state index contributed by atoms with van der Waals surface area (Å²) in [6.07, 6.45) is 6.10. The first-order chi connectivity index (χ1) is 16.5. The minimum absolute atomic E-state index is 0.0755. The third kappa shape index (κ3) is 4.56. The molecular formula is C22H23F2N9O. The van der Waals surface area contributed by atoms with Crippen LogP contribution in [-0.4, -0.2) is 75.8 Å². The summed E-state index contributed by atoms with van der Waals surface area (Å²) in [4.78, 5) is 39.6. The number of carbonyl (C=O) groups is 1. The Labute approximate surface area is 194 Å². The van der Waals surface area contributed by atoms with E-state index in [2.05, 4.69) is 35.1 Å². The minimum atomic E-state index is -0.816. The lowest BCUT2D eigenvalue weighted by atomic mass is 10.2. The summed E-state index contributed by atoms with van der Waals surface area (Å²) in [7, 11) is 0. The van der Waals surface area contributed by atoms with Crippen LogP contribution in [-0.2, 0) is 0 Å². The van der Waals surface area contributed by atoms with Gasteiger partial charge in [-0.3, -0.25) is 4.79 Å². The van der Waals surface area contributed by atoms with Crippen LogP contribution in [0.2, 0.25) is 0 Å². The molecule has 0 radical (unpaired) electrons. The van der Waals surface area contributed by atoms with Gasteiger partial charge in [0.25, 0.3) is 5.91 Å². The van der Waals surface area contributed by atoms with Crippen molar-refractivity contribution in [3.8, 4) is 0 Å². The number of nitrogens with one attached hydrogen (secondary N) is 1. The summed E-state index contributed by atoms with van der Waals surface area (Å²) in [6, 6.07) is 3.44. The lowest BCUT2D eigenvalue weighted by Gasteiger charge is -2.39. The lowest BCUT2D eigenvalue weighted by molar-refractivity contribution is 0.102. The highest BCUT2D eigenvalue weighted by atomic mass is 19.1. The Bertz CT molecular complexity index is 1140. The van der Waals surface area contributed by atoms with Crippen LogP contribution in [0.15, 0.2) is 43.1 Å². The van der Waals surface area contributed by atoms with E-state index in [0.29, 0.717) is 61.7 Å². The fourth-order valence-electron chi connectivity index (χ4n) is 3.96. The van der Waals surface area contributed by atoms with E-state index in [1.165, 1.54) is 6.20 Å². The van der Waals surface area contributed by atoms with Crippen molar-refractivity contribution in [2.75, 3.05) is 52.7 Å². The molecule has 5 rings (SSSR count). The predicted molar refractivity (Wildman–Crippen MR) is 122 cm³/mol. The Balaban J connectivity index is 1.17. The summed E-state index contributed by atoms with van der Waals surface area (Å²) in [5.41, 5.74) is 0.852. The largest absolute Gasteiger partial charge is 0.351 e. The highest BCUT2D eigenvalue weighted by Gasteiger charge is 2.28. The molecule has 2 saturated heterocycles. The van der Waals surface area contributed by atoms with Gasteiger partial charge in [-0.1, -0.05) is 0 Å². The molecule has 1 atom stereocenters. The van der Waals surface area contributed by atoms with E-state index in [1.54, 1.807) is 24.5 Å². The van der Waals surface area contributed by atoms with Crippen LogP contribution < -0.4 is 20.0 Å². The summed E-state index contributed by atoms with van der Waals surface area (Å²) in [5.74, 6) is 0.900. The quantitative estimate of drug-likeness (QED) is 0.603. The Morgan fingerprint density at radius 3 is 2.24 bits per heavy atom. The zero-order valence-corrected chi connectivity index (χ0v) is 18.5. The number of rotatable bonds is 5. The van der Waals surface area contributed by atoms with Crippen LogP contribution in [0.5, 0.6) is 0 Å². The second kappa shape index (κ2) is 9.12. The molecule has 3 aromatic heterocycles. The maximum absolute atomic E-state index is 13.1. The molecule has 0 aromatic carbocycles. The van der Waals surface area contributed by atoms with E-state index >= 15 is 0 Å². The van der Waals surface area contributed by atoms with E-state index in [9.17, 15) is 13.6 Å². The molecule has 0 spiro atoms. The number of piperazine rings is 1. The number of aromatic nitrogens is 5. The van der Waals surface area contributed by atoms with Crippen LogP contribution in [0.4, 0.5) is 32.2 Å². The lowest BCUT2D eigenvalue weighted by Crippen LogP contribution is -2.53. The number of halogens is 2. The van der Waals surface area contributed by atoms with Crippen molar-refractivity contribution >= 4 is 29.3 Å². The van der Waals surface area contributed by atoms with Crippen molar-refractivity contribution in [2.24, 2.45) is 0 Å². The van der Waals surface area contributed by atoms with Crippen LogP contribution in [0.3, 0.4) is 0 Å². The maximum atomic E-state index is 13.1. The van der Waals surface area contributed by atoms with Gasteiger partial charge in [-0.25, -0.2) is 33.7 Å². The van der Waals surface area contributed by atoms with Crippen LogP contribution in [0.1, 0.15) is 17.3 Å². The number of anilines is 4. The topological polar surface area (TPSA) is 103 Å². The molecule has 0 bridgehead atoms. The standard InChI is InChI=1S/C22H23F2N9O/c1-14-11-31(21-26-7-16(23)8-27-21)4-5-33(14)22-28-9-18(10-29-22)30-20(34)15-2-3-19(25-6-15)32-12-17(24)13-32/h2-3,6-10,14,17H,4-5,11-13H2,1H3,(H,30,34)/t14-/m0/s1. The molecule has 2 aliphatic heterocycles. The van der Waals surface area contributed by atoms with E-state index in [4.69, 9.17) is 0 Å². The van der Waals surface area contributed by atoms with Crippen molar-refractivity contribution in [3.63, 3.8) is 0 Å². The number of carbonyl (C=O) groups excluding carboxylic acids is 1. The highest BCUT2D eigenvalue weighted by molar-refractivity contribution is 6.04. The first-order valence-electron chi connectivity index (χ1n) is 10.9. The molecule has 2 fully saturated rings. The van der Waals surface area contributed by atoms with E-state index in [-0.39, 0.29) is 11.9 Å². The number of hydrogen-bond donors (Lipinski definition) is 1. The molecule has 34 heavy (non-hydrogen) atoms. The summed E-state index contributed by atoms with van der Waals surface area (Å²) < 4.78 is 26.1. The average Bonchev–Trinajstić information content (AvgIpc) is 2.83. The maximum Gasteiger partial charge on any atom is 0.257 e. The summed E-state index contributed by atoms with van der Waals surface area (Å²) >= 11 is 0. The van der Waals surface area contributed by atoms with Gasteiger partial charge in [0.2, 0.25) is 11.9 Å². The first-order valence-corrected chi connectivity index (χ1v) is 10.9. The van der Waals surface area contributed by atoms with Crippen molar-refractivity contribution in [3.05, 3.63) is 54.5 Å². The summed E-state index contributed by atoms with van der Waals surface area (Å²) in [5, 5.41) is 2.76. The normalized spacial score (nSPS) is 18.6. The predicted octanol–water partition coefficient (Wildman–Crippen LogP) is 1.93.